The second-order valence-corrected chi connectivity index (χ2v) is 4.85. The number of carboxylic acids is 1. The monoisotopic (exact) mass is 259 g/mol. The molecule has 0 bridgehead atoms. The van der Waals surface area contributed by atoms with Crippen LogP contribution in [0.25, 0.3) is 10.9 Å². The summed E-state index contributed by atoms with van der Waals surface area (Å²) in [6.07, 6.45) is 0.865. The number of fused-ring (bicyclic) bond motifs is 1. The van der Waals surface area contributed by atoms with E-state index < -0.39 is 5.97 Å². The Balaban J connectivity index is 2.88. The smallest absolute Gasteiger partial charge is 0.335 e. The van der Waals surface area contributed by atoms with E-state index in [-0.39, 0.29) is 11.5 Å². The lowest BCUT2D eigenvalue weighted by molar-refractivity contribution is 0.0697. The fourth-order valence-corrected chi connectivity index (χ4v) is 2.62. The zero-order valence-electron chi connectivity index (χ0n) is 11.3. The van der Waals surface area contributed by atoms with Crippen LogP contribution < -0.4 is 0 Å². The molecule has 4 nitrogen and oxygen atoms in total. The van der Waals surface area contributed by atoms with Crippen LogP contribution in [0.5, 0.6) is 0 Å². The maximum absolute atomic E-state index is 11.4. The molecule has 19 heavy (non-hydrogen) atoms. The summed E-state index contributed by atoms with van der Waals surface area (Å²) >= 11 is 0. The molecule has 2 rings (SSSR count). The molecule has 0 atom stereocenters. The zero-order chi connectivity index (χ0) is 14.2. The molecule has 1 N–H and O–H groups in total. The molecular weight excluding hydrogens is 242 g/mol. The van der Waals surface area contributed by atoms with Crippen LogP contribution in [-0.2, 0) is 6.54 Å². The second-order valence-electron chi connectivity index (χ2n) is 4.85. The Bertz CT molecular complexity index is 653. The van der Waals surface area contributed by atoms with Crippen LogP contribution >= 0.6 is 0 Å². The molecule has 0 aliphatic carbocycles. The highest BCUT2D eigenvalue weighted by Crippen LogP contribution is 2.30. The number of aromatic nitrogens is 1. The van der Waals surface area contributed by atoms with E-state index in [2.05, 4.69) is 0 Å². The lowest BCUT2D eigenvalue weighted by atomic mass is 10.0. The number of hydrogen-bond acceptors (Lipinski definition) is 2. The minimum absolute atomic E-state index is 0.209. The van der Waals surface area contributed by atoms with Gasteiger partial charge in [0.15, 0.2) is 6.29 Å². The molecule has 0 amide bonds. The van der Waals surface area contributed by atoms with Gasteiger partial charge in [-0.1, -0.05) is 19.9 Å². The summed E-state index contributed by atoms with van der Waals surface area (Å²) in [6.45, 7) is 6.77. The van der Waals surface area contributed by atoms with E-state index in [1.54, 1.807) is 18.2 Å². The number of nitrogens with zero attached hydrogens (tertiary/aromatic N) is 1. The van der Waals surface area contributed by atoms with Crippen molar-refractivity contribution in [1.82, 2.24) is 4.57 Å². The van der Waals surface area contributed by atoms with Gasteiger partial charge in [-0.25, -0.2) is 4.79 Å². The van der Waals surface area contributed by atoms with Crippen molar-refractivity contribution in [3.63, 3.8) is 0 Å². The van der Waals surface area contributed by atoms with Crippen molar-refractivity contribution in [2.45, 2.75) is 33.2 Å². The van der Waals surface area contributed by atoms with Crippen molar-refractivity contribution in [3.05, 3.63) is 35.0 Å². The van der Waals surface area contributed by atoms with Crippen LogP contribution in [-0.4, -0.2) is 21.9 Å². The SMILES string of the molecule is CCn1c(C(C)C)c(C=O)c2ccc(C(=O)O)cc21. The van der Waals surface area contributed by atoms with Gasteiger partial charge in [0.25, 0.3) is 0 Å². The minimum Gasteiger partial charge on any atom is -0.478 e. The highest BCUT2D eigenvalue weighted by molar-refractivity contribution is 6.02. The van der Waals surface area contributed by atoms with Crippen molar-refractivity contribution in [3.8, 4) is 0 Å². The quantitative estimate of drug-likeness (QED) is 0.857. The number of hydrogen-bond donors (Lipinski definition) is 1. The number of benzene rings is 1. The molecule has 1 aromatic carbocycles. The Morgan fingerprint density at radius 2 is 2.11 bits per heavy atom. The van der Waals surface area contributed by atoms with Crippen LogP contribution in [0.2, 0.25) is 0 Å². The summed E-state index contributed by atoms with van der Waals surface area (Å²) in [5, 5.41) is 9.90. The van der Waals surface area contributed by atoms with Gasteiger partial charge in [0.2, 0.25) is 0 Å². The first-order chi connectivity index (χ1) is 9.01. The summed E-state index contributed by atoms with van der Waals surface area (Å²) in [7, 11) is 0. The van der Waals surface area contributed by atoms with E-state index in [0.717, 1.165) is 22.9 Å². The van der Waals surface area contributed by atoms with Gasteiger partial charge in [-0.15, -0.1) is 0 Å². The van der Waals surface area contributed by atoms with Gasteiger partial charge in [0, 0.05) is 28.7 Å². The third-order valence-corrected chi connectivity index (χ3v) is 3.37. The highest BCUT2D eigenvalue weighted by atomic mass is 16.4. The molecule has 1 aromatic heterocycles. The summed E-state index contributed by atoms with van der Waals surface area (Å²) in [6, 6.07) is 4.91. The predicted octanol–water partition coefficient (Wildman–Crippen LogP) is 3.30. The molecule has 2 aromatic rings. The summed E-state index contributed by atoms with van der Waals surface area (Å²) < 4.78 is 2.02. The van der Waals surface area contributed by atoms with Crippen LogP contribution in [0.3, 0.4) is 0 Å². The maximum Gasteiger partial charge on any atom is 0.335 e. The number of carboxylic acid groups (broad SMARTS) is 1. The van der Waals surface area contributed by atoms with Gasteiger partial charge in [-0.05, 0) is 25.0 Å². The molecule has 0 fully saturated rings. The molecule has 1 heterocycles. The van der Waals surface area contributed by atoms with Crippen LogP contribution in [0, 0.1) is 0 Å². The molecule has 0 radical (unpaired) electrons. The van der Waals surface area contributed by atoms with Crippen molar-refractivity contribution in [1.29, 1.82) is 0 Å². The molecule has 4 heteroatoms. The number of rotatable bonds is 4. The summed E-state index contributed by atoms with van der Waals surface area (Å²) in [5.41, 5.74) is 2.69. The average Bonchev–Trinajstić information content (AvgIpc) is 2.71. The Morgan fingerprint density at radius 1 is 1.42 bits per heavy atom. The topological polar surface area (TPSA) is 59.3 Å². The number of aromatic carboxylic acids is 1. The maximum atomic E-state index is 11.4. The summed E-state index contributed by atoms with van der Waals surface area (Å²) in [4.78, 5) is 22.4. The molecule has 0 spiro atoms. The Hall–Kier alpha value is -2.10. The second kappa shape index (κ2) is 4.88. The number of carbonyl (C=O) groups is 2. The fourth-order valence-electron chi connectivity index (χ4n) is 2.62. The highest BCUT2D eigenvalue weighted by Gasteiger charge is 2.19. The van der Waals surface area contributed by atoms with Crippen molar-refractivity contribution < 1.29 is 14.7 Å². The number of carbonyl (C=O) groups excluding carboxylic acids is 1. The van der Waals surface area contributed by atoms with E-state index in [1.165, 1.54) is 0 Å². The van der Waals surface area contributed by atoms with E-state index in [1.807, 2.05) is 25.3 Å². The zero-order valence-corrected chi connectivity index (χ0v) is 11.3. The lowest BCUT2D eigenvalue weighted by Gasteiger charge is -2.11. The Kier molecular flexibility index (Phi) is 3.42. The van der Waals surface area contributed by atoms with Gasteiger partial charge in [-0.2, -0.15) is 0 Å². The van der Waals surface area contributed by atoms with Crippen LogP contribution in [0.1, 0.15) is 53.1 Å². The van der Waals surface area contributed by atoms with Crippen molar-refractivity contribution in [2.24, 2.45) is 0 Å². The third-order valence-electron chi connectivity index (χ3n) is 3.37. The van der Waals surface area contributed by atoms with Gasteiger partial charge in [0.05, 0.1) is 5.56 Å². The van der Waals surface area contributed by atoms with Crippen molar-refractivity contribution in [2.75, 3.05) is 0 Å². The van der Waals surface area contributed by atoms with Gasteiger partial charge < -0.3 is 9.67 Å². The Morgan fingerprint density at radius 3 is 2.58 bits per heavy atom. The van der Waals surface area contributed by atoms with E-state index in [4.69, 9.17) is 5.11 Å². The Labute approximate surface area is 111 Å². The minimum atomic E-state index is -0.954. The molecule has 0 aliphatic heterocycles. The largest absolute Gasteiger partial charge is 0.478 e. The molecule has 100 valence electrons. The third kappa shape index (κ3) is 2.03. The number of aryl methyl sites for hydroxylation is 1. The lowest BCUT2D eigenvalue weighted by Crippen LogP contribution is -2.04. The number of aldehydes is 1. The predicted molar refractivity (Wildman–Crippen MR) is 74.0 cm³/mol. The summed E-state index contributed by atoms with van der Waals surface area (Å²) in [5.74, 6) is -0.745. The molecule has 0 saturated carbocycles. The van der Waals surface area contributed by atoms with Gasteiger partial charge in [-0.3, -0.25) is 4.79 Å². The molecule has 0 unspecified atom stereocenters. The average molecular weight is 259 g/mol. The molecular formula is C15H17NO3. The first-order valence-electron chi connectivity index (χ1n) is 6.35. The standard InChI is InChI=1S/C15H17NO3/c1-4-16-13-7-10(15(18)19)5-6-11(13)12(8-17)14(16)9(2)3/h5-9H,4H2,1-3H3,(H,18,19). The molecule has 0 saturated heterocycles. The van der Waals surface area contributed by atoms with E-state index in [9.17, 15) is 9.59 Å². The van der Waals surface area contributed by atoms with Gasteiger partial charge in [0.1, 0.15) is 0 Å². The molecule has 0 aliphatic rings. The first kappa shape index (κ1) is 13.3. The normalized spacial score (nSPS) is 11.2. The fraction of sp³-hybridized carbons (Fsp3) is 0.333. The van der Waals surface area contributed by atoms with Crippen molar-refractivity contribution >= 4 is 23.2 Å². The van der Waals surface area contributed by atoms with E-state index in [0.29, 0.717) is 12.1 Å². The van der Waals surface area contributed by atoms with Crippen LogP contribution in [0.15, 0.2) is 18.2 Å². The van der Waals surface area contributed by atoms with E-state index >= 15 is 0 Å². The van der Waals surface area contributed by atoms with Gasteiger partial charge >= 0.3 is 5.97 Å². The first-order valence-corrected chi connectivity index (χ1v) is 6.35. The van der Waals surface area contributed by atoms with Crippen LogP contribution in [0.4, 0.5) is 0 Å².